The lowest BCUT2D eigenvalue weighted by Gasteiger charge is -2.36. The van der Waals surface area contributed by atoms with Gasteiger partial charge in [-0.05, 0) is 56.7 Å². The van der Waals surface area contributed by atoms with Crippen LogP contribution < -0.4 is 15.1 Å². The average Bonchev–Trinajstić information content (AvgIpc) is 3.33. The van der Waals surface area contributed by atoms with Crippen molar-refractivity contribution < 1.29 is 23.5 Å². The first-order valence-electron chi connectivity index (χ1n) is 11.7. The summed E-state index contributed by atoms with van der Waals surface area (Å²) >= 11 is 0. The zero-order chi connectivity index (χ0) is 24.8. The summed E-state index contributed by atoms with van der Waals surface area (Å²) in [5.74, 6) is 0.273. The average molecular weight is 480 g/mol. The van der Waals surface area contributed by atoms with Gasteiger partial charge in [-0.2, -0.15) is 9.28 Å². The number of allylic oxidation sites excluding steroid dienone is 1. The van der Waals surface area contributed by atoms with E-state index in [0.29, 0.717) is 61.2 Å². The molecule has 0 saturated carbocycles. The zero-order valence-corrected chi connectivity index (χ0v) is 20.0. The molecule has 5 rings (SSSR count). The second-order valence-electron chi connectivity index (χ2n) is 9.32. The summed E-state index contributed by atoms with van der Waals surface area (Å²) in [5, 5.41) is 6.00. The molecule has 4 heterocycles. The Balaban J connectivity index is 1.59. The predicted molar refractivity (Wildman–Crippen MR) is 131 cm³/mol. The maximum atomic E-state index is 13.7. The first-order chi connectivity index (χ1) is 16.7. The minimum atomic E-state index is -0.748. The van der Waals surface area contributed by atoms with Gasteiger partial charge in [0.05, 0.1) is 17.9 Å². The van der Waals surface area contributed by atoms with Gasteiger partial charge >= 0.3 is 6.09 Å². The van der Waals surface area contributed by atoms with Crippen LogP contribution in [0, 0.1) is 5.82 Å². The summed E-state index contributed by atoms with van der Waals surface area (Å²) in [4.78, 5) is 30.4. The first-order valence-corrected chi connectivity index (χ1v) is 11.7. The van der Waals surface area contributed by atoms with Gasteiger partial charge in [-0.25, -0.2) is 9.37 Å². The van der Waals surface area contributed by atoms with E-state index < -0.39 is 11.4 Å². The number of quaternary nitrogens is 1. The van der Waals surface area contributed by atoms with E-state index >= 15 is 0 Å². The smallest absolute Gasteiger partial charge is 0.482 e. The fourth-order valence-corrected chi connectivity index (χ4v) is 4.96. The molecule has 35 heavy (non-hydrogen) atoms. The lowest BCUT2D eigenvalue weighted by Crippen LogP contribution is -2.63. The Morgan fingerprint density at radius 1 is 1.23 bits per heavy atom. The number of carbonyl (C=O) groups excluding carboxylic acids is 2. The quantitative estimate of drug-likeness (QED) is 0.514. The van der Waals surface area contributed by atoms with Crippen LogP contribution in [0.15, 0.2) is 48.4 Å². The number of hydrogen-bond donors (Lipinski definition) is 2. The Kier molecular flexibility index (Phi) is 5.69. The first kappa shape index (κ1) is 23.2. The number of benzene rings is 1. The van der Waals surface area contributed by atoms with E-state index in [0.717, 1.165) is 11.1 Å². The molecule has 3 aliphatic heterocycles. The van der Waals surface area contributed by atoms with Crippen LogP contribution in [0.25, 0.3) is 11.1 Å². The minimum absolute atomic E-state index is 0.0124. The Labute approximate surface area is 203 Å². The molecule has 8 nitrogen and oxygen atoms in total. The largest absolute Gasteiger partial charge is 0.522 e. The lowest BCUT2D eigenvalue weighted by atomic mass is 9.92. The highest BCUT2D eigenvalue weighted by molar-refractivity contribution is 6.32. The number of nitrogens with zero attached hydrogens (tertiary/aromatic N) is 2. The van der Waals surface area contributed by atoms with E-state index in [1.165, 1.54) is 12.1 Å². The van der Waals surface area contributed by atoms with Crippen molar-refractivity contribution in [3.63, 3.8) is 0 Å². The number of anilines is 1. The van der Waals surface area contributed by atoms with Crippen LogP contribution in [0.5, 0.6) is 0 Å². The summed E-state index contributed by atoms with van der Waals surface area (Å²) < 4.78 is 25.4. The van der Waals surface area contributed by atoms with Gasteiger partial charge in [-0.1, -0.05) is 0 Å². The Hall–Kier alpha value is -3.56. The molecule has 1 aromatic carbocycles. The SMILES string of the molecule is CCOC(=O)[N+]1(c2cc(C3=C/C(=C4\C(=O)Nc5cc(F)ccc54)OC3(C)C)ccn2)CCNCC1. The third kappa shape index (κ3) is 3.90. The molecular weight excluding hydrogens is 451 g/mol. The van der Waals surface area contributed by atoms with Crippen LogP contribution in [-0.4, -0.2) is 55.4 Å². The van der Waals surface area contributed by atoms with Gasteiger partial charge in [0, 0.05) is 36.5 Å². The minimum Gasteiger partial charge on any atom is -0.482 e. The van der Waals surface area contributed by atoms with E-state index in [4.69, 9.17) is 9.47 Å². The standard InChI is InChI=1S/C26H27FN4O4/c1-4-34-25(33)31(11-9-28-10-12-31)22-13-16(7-8-29-22)19-15-21(35-26(19,2)3)23-18-6-5-17(27)14-20(18)30-24(23)32/h5-8,13-15,28H,4,9-12H2,1-3H3/p+1. The number of carbonyl (C=O) groups is 2. The molecule has 1 fully saturated rings. The van der Waals surface area contributed by atoms with Crippen LogP contribution in [-0.2, 0) is 14.3 Å². The van der Waals surface area contributed by atoms with Crippen LogP contribution in [0.1, 0.15) is 31.9 Å². The van der Waals surface area contributed by atoms with Gasteiger partial charge < -0.3 is 20.1 Å². The molecule has 1 saturated heterocycles. The van der Waals surface area contributed by atoms with E-state index in [1.807, 2.05) is 32.1 Å². The van der Waals surface area contributed by atoms with Gasteiger partial charge in [-0.15, -0.1) is 0 Å². The second-order valence-corrected chi connectivity index (χ2v) is 9.32. The summed E-state index contributed by atoms with van der Waals surface area (Å²) in [6.07, 6.45) is 3.22. The van der Waals surface area contributed by atoms with Crippen molar-refractivity contribution in [3.05, 3.63) is 65.3 Å². The van der Waals surface area contributed by atoms with Gasteiger partial charge in [0.15, 0.2) is 0 Å². The van der Waals surface area contributed by atoms with Crippen LogP contribution in [0.3, 0.4) is 0 Å². The fraction of sp³-hybridized carbons (Fsp3) is 0.346. The number of rotatable bonds is 3. The second kappa shape index (κ2) is 8.58. The molecule has 3 aliphatic rings. The lowest BCUT2D eigenvalue weighted by molar-refractivity contribution is -0.111. The van der Waals surface area contributed by atoms with E-state index in [1.54, 1.807) is 19.2 Å². The van der Waals surface area contributed by atoms with Crippen molar-refractivity contribution in [2.24, 2.45) is 0 Å². The number of halogens is 1. The van der Waals surface area contributed by atoms with E-state index in [-0.39, 0.29) is 16.5 Å². The molecule has 0 spiro atoms. The highest BCUT2D eigenvalue weighted by atomic mass is 19.1. The summed E-state index contributed by atoms with van der Waals surface area (Å²) in [6, 6.07) is 7.98. The normalized spacial score (nSPS) is 22.2. The molecule has 2 amide bonds. The number of piperazine rings is 1. The number of nitrogens with one attached hydrogen (secondary N) is 2. The number of aromatic nitrogens is 1. The molecule has 0 bridgehead atoms. The van der Waals surface area contributed by atoms with Crippen LogP contribution in [0.2, 0.25) is 0 Å². The van der Waals surface area contributed by atoms with Crippen molar-refractivity contribution >= 4 is 34.7 Å². The van der Waals surface area contributed by atoms with Gasteiger partial charge in [-0.3, -0.25) is 4.79 Å². The number of fused-ring (bicyclic) bond motifs is 1. The summed E-state index contributed by atoms with van der Waals surface area (Å²) in [7, 11) is 0. The predicted octanol–water partition coefficient (Wildman–Crippen LogP) is 3.84. The van der Waals surface area contributed by atoms with Gasteiger partial charge in [0.1, 0.15) is 30.3 Å². The number of amides is 2. The fourth-order valence-electron chi connectivity index (χ4n) is 4.96. The van der Waals surface area contributed by atoms with Crippen molar-refractivity contribution in [2.75, 3.05) is 38.1 Å². The summed E-state index contributed by atoms with van der Waals surface area (Å²) in [5.41, 5.74) is 2.34. The molecular formula is C26H28FN4O4+. The van der Waals surface area contributed by atoms with Crippen molar-refractivity contribution in [1.82, 2.24) is 14.8 Å². The van der Waals surface area contributed by atoms with Gasteiger partial charge in [0.25, 0.3) is 5.91 Å². The van der Waals surface area contributed by atoms with E-state index in [2.05, 4.69) is 15.6 Å². The number of pyridine rings is 1. The third-order valence-corrected chi connectivity index (χ3v) is 6.71. The van der Waals surface area contributed by atoms with E-state index in [9.17, 15) is 14.0 Å². The Morgan fingerprint density at radius 3 is 2.74 bits per heavy atom. The van der Waals surface area contributed by atoms with Crippen LogP contribution in [0.4, 0.5) is 20.7 Å². The van der Waals surface area contributed by atoms with Crippen molar-refractivity contribution in [2.45, 2.75) is 26.4 Å². The number of ether oxygens (including phenoxy) is 2. The van der Waals surface area contributed by atoms with Crippen LogP contribution >= 0.6 is 0 Å². The molecule has 1 aromatic heterocycles. The highest BCUT2D eigenvalue weighted by Gasteiger charge is 2.45. The third-order valence-electron chi connectivity index (χ3n) is 6.71. The van der Waals surface area contributed by atoms with Crippen molar-refractivity contribution in [1.29, 1.82) is 0 Å². The molecule has 2 aromatic rings. The molecule has 0 radical (unpaired) electrons. The number of hydrogen-bond acceptors (Lipinski definition) is 6. The summed E-state index contributed by atoms with van der Waals surface area (Å²) in [6.45, 7) is 8.36. The Morgan fingerprint density at radius 2 is 2.00 bits per heavy atom. The zero-order valence-electron chi connectivity index (χ0n) is 20.0. The molecule has 0 unspecified atom stereocenters. The molecule has 182 valence electrons. The molecule has 2 N–H and O–H groups in total. The maximum absolute atomic E-state index is 13.7. The topological polar surface area (TPSA) is 89.6 Å². The monoisotopic (exact) mass is 479 g/mol. The van der Waals surface area contributed by atoms with Crippen molar-refractivity contribution in [3.8, 4) is 0 Å². The highest BCUT2D eigenvalue weighted by Crippen LogP contribution is 2.45. The maximum Gasteiger partial charge on any atom is 0.522 e. The Bertz CT molecular complexity index is 1280. The molecule has 0 aliphatic carbocycles. The molecule has 0 atom stereocenters. The molecule has 9 heteroatoms. The van der Waals surface area contributed by atoms with Gasteiger partial charge in [0.2, 0.25) is 5.82 Å².